The van der Waals surface area contributed by atoms with Crippen molar-refractivity contribution in [3.05, 3.63) is 52.1 Å². The first-order valence-electron chi connectivity index (χ1n) is 7.68. The number of carbonyl (C=O) groups is 1. The third-order valence-electron chi connectivity index (χ3n) is 3.63. The average molecular weight is 394 g/mol. The van der Waals surface area contributed by atoms with Crippen LogP contribution in [0.2, 0.25) is 5.02 Å². The molecule has 0 radical (unpaired) electrons. The zero-order valence-electron chi connectivity index (χ0n) is 13.5. The van der Waals surface area contributed by atoms with Crippen molar-refractivity contribution in [3.63, 3.8) is 0 Å². The fraction of sp³-hybridized carbons (Fsp3) is 0.222. The highest BCUT2D eigenvalue weighted by molar-refractivity contribution is 8.26. The van der Waals surface area contributed by atoms with Crippen molar-refractivity contribution in [2.24, 2.45) is 0 Å². The second-order valence-corrected chi connectivity index (χ2v) is 7.50. The van der Waals surface area contributed by atoms with Gasteiger partial charge in [-0.2, -0.15) is 0 Å². The molecular formula is C18H16ClNO3S2. The Morgan fingerprint density at radius 1 is 1.28 bits per heavy atom. The molecule has 3 rings (SSSR count). The maximum atomic E-state index is 12.5. The molecule has 0 spiro atoms. The van der Waals surface area contributed by atoms with E-state index in [2.05, 4.69) is 0 Å². The van der Waals surface area contributed by atoms with Crippen LogP contribution in [0.1, 0.15) is 12.2 Å². The van der Waals surface area contributed by atoms with Crippen LogP contribution in [-0.4, -0.2) is 35.4 Å². The first-order valence-corrected chi connectivity index (χ1v) is 9.29. The van der Waals surface area contributed by atoms with E-state index in [1.165, 1.54) is 11.8 Å². The molecule has 25 heavy (non-hydrogen) atoms. The molecule has 7 heteroatoms. The minimum absolute atomic E-state index is 0.0875. The summed E-state index contributed by atoms with van der Waals surface area (Å²) in [6.45, 7) is 1.16. The lowest BCUT2D eigenvalue weighted by atomic mass is 10.2. The largest absolute Gasteiger partial charge is 0.457 e. The molecule has 0 unspecified atom stereocenters. The van der Waals surface area contributed by atoms with Gasteiger partial charge in [0.25, 0.3) is 5.91 Å². The second kappa shape index (κ2) is 8.19. The number of thioether (sulfide) groups is 1. The van der Waals surface area contributed by atoms with Gasteiger partial charge in [-0.1, -0.05) is 35.6 Å². The molecule has 2 aromatic rings. The van der Waals surface area contributed by atoms with Gasteiger partial charge in [0.05, 0.1) is 4.91 Å². The zero-order valence-corrected chi connectivity index (χ0v) is 15.9. The summed E-state index contributed by atoms with van der Waals surface area (Å²) in [5, 5.41) is 0.674. The van der Waals surface area contributed by atoms with Gasteiger partial charge in [0, 0.05) is 36.9 Å². The number of amides is 1. The van der Waals surface area contributed by atoms with Gasteiger partial charge in [-0.15, -0.1) is 0 Å². The summed E-state index contributed by atoms with van der Waals surface area (Å²) in [5.74, 6) is 1.25. The van der Waals surface area contributed by atoms with Crippen LogP contribution < -0.4 is 0 Å². The molecular weight excluding hydrogens is 378 g/mol. The average Bonchev–Trinajstić information content (AvgIpc) is 3.16. The smallest absolute Gasteiger partial charge is 0.266 e. The normalized spacial score (nSPS) is 16.2. The molecule has 4 nitrogen and oxygen atoms in total. The Balaban J connectivity index is 1.74. The third-order valence-corrected chi connectivity index (χ3v) is 5.26. The number of hydrogen-bond acceptors (Lipinski definition) is 5. The van der Waals surface area contributed by atoms with E-state index in [-0.39, 0.29) is 5.91 Å². The van der Waals surface area contributed by atoms with Gasteiger partial charge in [0.15, 0.2) is 0 Å². The number of halogens is 1. The monoisotopic (exact) mass is 393 g/mol. The maximum absolute atomic E-state index is 12.5. The van der Waals surface area contributed by atoms with E-state index in [0.717, 1.165) is 17.7 Å². The first kappa shape index (κ1) is 18.2. The molecule has 0 bridgehead atoms. The van der Waals surface area contributed by atoms with Gasteiger partial charge in [0.1, 0.15) is 15.8 Å². The molecule has 0 N–H and O–H groups in total. The lowest BCUT2D eigenvalue weighted by molar-refractivity contribution is -0.122. The van der Waals surface area contributed by atoms with Crippen LogP contribution in [0.15, 0.2) is 45.7 Å². The van der Waals surface area contributed by atoms with E-state index >= 15 is 0 Å². The van der Waals surface area contributed by atoms with Crippen LogP contribution in [0.25, 0.3) is 17.4 Å². The van der Waals surface area contributed by atoms with Crippen LogP contribution in [0.3, 0.4) is 0 Å². The number of furan rings is 1. The predicted octanol–water partition coefficient (Wildman–Crippen LogP) is 4.84. The lowest BCUT2D eigenvalue weighted by Gasteiger charge is -2.13. The third kappa shape index (κ3) is 4.33. The molecule has 2 heterocycles. The molecule has 1 fully saturated rings. The predicted molar refractivity (Wildman–Crippen MR) is 106 cm³/mol. The van der Waals surface area contributed by atoms with Gasteiger partial charge in [-0.3, -0.25) is 9.69 Å². The number of carbonyl (C=O) groups excluding carboxylic acids is 1. The first-order chi connectivity index (χ1) is 12.1. The van der Waals surface area contributed by atoms with Crippen LogP contribution in [0.5, 0.6) is 0 Å². The van der Waals surface area contributed by atoms with E-state index < -0.39 is 0 Å². The lowest BCUT2D eigenvalue weighted by Crippen LogP contribution is -2.29. The van der Waals surface area contributed by atoms with Crippen molar-refractivity contribution in [2.45, 2.75) is 6.42 Å². The van der Waals surface area contributed by atoms with Crippen LogP contribution in [-0.2, 0) is 9.53 Å². The molecule has 130 valence electrons. The molecule has 1 saturated heterocycles. The van der Waals surface area contributed by atoms with Crippen LogP contribution >= 0.6 is 35.6 Å². The quantitative estimate of drug-likeness (QED) is 0.399. The molecule has 1 aromatic carbocycles. The van der Waals surface area contributed by atoms with Crippen molar-refractivity contribution < 1.29 is 13.9 Å². The standard InChI is InChI=1S/C18H16ClNO3S2/c1-22-10-2-9-20-17(21)16(25-18(20)24)11-14-7-8-15(23-14)12-3-5-13(19)6-4-12/h3-8,11H,2,9-10H2,1H3. The van der Waals surface area contributed by atoms with Crippen molar-refractivity contribution in [1.29, 1.82) is 0 Å². The summed E-state index contributed by atoms with van der Waals surface area (Å²) in [5.41, 5.74) is 0.927. The summed E-state index contributed by atoms with van der Waals surface area (Å²) < 4.78 is 11.4. The van der Waals surface area contributed by atoms with Crippen molar-refractivity contribution >= 4 is 51.9 Å². The van der Waals surface area contributed by atoms with Gasteiger partial charge < -0.3 is 9.15 Å². The van der Waals surface area contributed by atoms with Crippen molar-refractivity contribution in [1.82, 2.24) is 4.90 Å². The molecule has 0 aliphatic carbocycles. The Kier molecular flexibility index (Phi) is 5.96. The van der Waals surface area contributed by atoms with Gasteiger partial charge in [0.2, 0.25) is 0 Å². The van der Waals surface area contributed by atoms with E-state index in [0.29, 0.717) is 33.2 Å². The highest BCUT2D eigenvalue weighted by Crippen LogP contribution is 2.33. The fourth-order valence-corrected chi connectivity index (χ4v) is 3.80. The van der Waals surface area contributed by atoms with E-state index in [1.807, 2.05) is 36.4 Å². The summed E-state index contributed by atoms with van der Waals surface area (Å²) in [6.07, 6.45) is 2.48. The number of hydrogen-bond donors (Lipinski definition) is 0. The Morgan fingerprint density at radius 2 is 2.04 bits per heavy atom. The zero-order chi connectivity index (χ0) is 17.8. The minimum Gasteiger partial charge on any atom is -0.457 e. The molecule has 0 atom stereocenters. The fourth-order valence-electron chi connectivity index (χ4n) is 2.39. The van der Waals surface area contributed by atoms with Crippen molar-refractivity contribution in [3.8, 4) is 11.3 Å². The number of nitrogens with zero attached hydrogens (tertiary/aromatic N) is 1. The molecule has 1 aromatic heterocycles. The Bertz CT molecular complexity index is 814. The molecule has 1 aliphatic heterocycles. The topological polar surface area (TPSA) is 42.7 Å². The molecule has 1 amide bonds. The number of benzene rings is 1. The van der Waals surface area contributed by atoms with Crippen LogP contribution in [0, 0.1) is 0 Å². The van der Waals surface area contributed by atoms with Gasteiger partial charge in [-0.05, 0) is 42.8 Å². The van der Waals surface area contributed by atoms with E-state index in [4.69, 9.17) is 33.0 Å². The summed E-state index contributed by atoms with van der Waals surface area (Å²) in [6, 6.07) is 11.1. The van der Waals surface area contributed by atoms with Gasteiger partial charge in [-0.25, -0.2) is 0 Å². The number of methoxy groups -OCH3 is 1. The number of ether oxygens (including phenoxy) is 1. The summed E-state index contributed by atoms with van der Waals surface area (Å²) >= 11 is 12.5. The SMILES string of the molecule is COCCCN1C(=O)C(=Cc2ccc(-c3ccc(Cl)cc3)o2)SC1=S. The second-order valence-electron chi connectivity index (χ2n) is 5.39. The Labute approximate surface area is 160 Å². The summed E-state index contributed by atoms with van der Waals surface area (Å²) in [4.78, 5) is 14.7. The minimum atomic E-state index is -0.0875. The Hall–Kier alpha value is -1.60. The summed E-state index contributed by atoms with van der Waals surface area (Å²) in [7, 11) is 1.64. The highest BCUT2D eigenvalue weighted by Gasteiger charge is 2.31. The van der Waals surface area contributed by atoms with E-state index in [1.54, 1.807) is 18.1 Å². The highest BCUT2D eigenvalue weighted by atomic mass is 35.5. The Morgan fingerprint density at radius 3 is 2.76 bits per heavy atom. The van der Waals surface area contributed by atoms with Gasteiger partial charge >= 0.3 is 0 Å². The number of thiocarbonyl (C=S) groups is 1. The number of rotatable bonds is 6. The maximum Gasteiger partial charge on any atom is 0.266 e. The van der Waals surface area contributed by atoms with Crippen LogP contribution in [0.4, 0.5) is 0 Å². The van der Waals surface area contributed by atoms with E-state index in [9.17, 15) is 4.79 Å². The molecule has 0 saturated carbocycles. The van der Waals surface area contributed by atoms with Crippen molar-refractivity contribution in [2.75, 3.05) is 20.3 Å². The molecule has 1 aliphatic rings.